The van der Waals surface area contributed by atoms with Gasteiger partial charge in [-0.25, -0.2) is 4.89 Å². The van der Waals surface area contributed by atoms with E-state index in [1.807, 2.05) is 0 Å². The number of carbonyl (C=O) groups excluding carboxylic acids is 2. The minimum absolute atomic E-state index is 0.0169. The first-order valence-corrected chi connectivity index (χ1v) is 4.68. The maximum absolute atomic E-state index is 10.9. The molecular weight excluding hydrogens is 216 g/mol. The third-order valence-corrected chi connectivity index (χ3v) is 1.97. The lowest BCUT2D eigenvalue weighted by Crippen LogP contribution is -2.45. The molecule has 0 aromatic heterocycles. The van der Waals surface area contributed by atoms with Gasteiger partial charge in [0.1, 0.15) is 6.61 Å². The average Bonchev–Trinajstić information content (AvgIpc) is 2.22. The molecule has 0 saturated carbocycles. The highest BCUT2D eigenvalue weighted by Gasteiger charge is 2.39. The van der Waals surface area contributed by atoms with Gasteiger partial charge in [-0.05, 0) is 24.3 Å². The quantitative estimate of drug-likeness (QED) is 0.471. The average molecular weight is 226 g/mol. The second-order valence-electron chi connectivity index (χ2n) is 3.32. The summed E-state index contributed by atoms with van der Waals surface area (Å²) in [5.74, 6) is -1.94. The predicted octanol–water partition coefficient (Wildman–Crippen LogP) is 0.245. The van der Waals surface area contributed by atoms with Crippen LogP contribution in [0, 0.1) is 0 Å². The molecule has 2 rings (SSSR count). The summed E-state index contributed by atoms with van der Waals surface area (Å²) >= 11 is 0. The maximum Gasteiger partial charge on any atom is 0.305 e. The van der Waals surface area contributed by atoms with E-state index in [0.717, 1.165) is 0 Å². The summed E-state index contributed by atoms with van der Waals surface area (Å²) in [6.07, 6.45) is 4.52. The van der Waals surface area contributed by atoms with Crippen molar-refractivity contribution in [3.8, 4) is 0 Å². The molecule has 1 aliphatic carbocycles. The van der Waals surface area contributed by atoms with Crippen LogP contribution in [-0.4, -0.2) is 30.4 Å². The summed E-state index contributed by atoms with van der Waals surface area (Å²) in [5.41, 5.74) is 0. The van der Waals surface area contributed by atoms with Crippen LogP contribution >= 0.6 is 0 Å². The van der Waals surface area contributed by atoms with Crippen molar-refractivity contribution in [2.75, 3.05) is 6.61 Å². The van der Waals surface area contributed by atoms with Crippen molar-refractivity contribution in [3.05, 3.63) is 24.3 Å². The number of hydrogen-bond donors (Lipinski definition) is 0. The molecule has 0 amide bonds. The number of allylic oxidation sites excluding steroid dienone is 2. The fraction of sp³-hybridized carbons (Fsp3) is 0.400. The molecule has 1 atom stereocenters. The highest BCUT2D eigenvalue weighted by molar-refractivity contribution is 6.00. The number of ketones is 1. The molecule has 1 unspecified atom stereocenters. The number of ether oxygens (including phenoxy) is 2. The topological polar surface area (TPSA) is 71.1 Å². The van der Waals surface area contributed by atoms with Crippen LogP contribution in [0.1, 0.15) is 6.92 Å². The van der Waals surface area contributed by atoms with Gasteiger partial charge < -0.3 is 4.74 Å². The van der Waals surface area contributed by atoms with E-state index >= 15 is 0 Å². The summed E-state index contributed by atoms with van der Waals surface area (Å²) in [6.45, 7) is 1.25. The summed E-state index contributed by atoms with van der Waals surface area (Å²) in [4.78, 5) is 31.4. The zero-order valence-corrected chi connectivity index (χ0v) is 8.54. The minimum atomic E-state index is -1.29. The van der Waals surface area contributed by atoms with Crippen LogP contribution in [0.2, 0.25) is 0 Å². The van der Waals surface area contributed by atoms with Gasteiger partial charge in [0.2, 0.25) is 12.1 Å². The standard InChI is InChI=1S/C10H10O6/c1-7(11)14-9-6-13-16-10(15-9)4-2-8(12)3-5-10/h2-5,9H,6H2,1H3. The Bertz CT molecular complexity index is 354. The van der Waals surface area contributed by atoms with Gasteiger partial charge in [-0.3, -0.25) is 14.3 Å². The molecule has 6 heteroatoms. The van der Waals surface area contributed by atoms with E-state index in [-0.39, 0.29) is 12.4 Å². The highest BCUT2D eigenvalue weighted by atomic mass is 17.2. The Morgan fingerprint density at radius 2 is 2.19 bits per heavy atom. The van der Waals surface area contributed by atoms with E-state index in [0.29, 0.717) is 0 Å². The van der Waals surface area contributed by atoms with Gasteiger partial charge in [-0.15, -0.1) is 0 Å². The first-order valence-electron chi connectivity index (χ1n) is 4.68. The largest absolute Gasteiger partial charge is 0.433 e. The van der Waals surface area contributed by atoms with Gasteiger partial charge in [0.15, 0.2) is 5.78 Å². The normalized spacial score (nSPS) is 27.1. The van der Waals surface area contributed by atoms with E-state index in [4.69, 9.17) is 19.2 Å². The number of esters is 1. The lowest BCUT2D eigenvalue weighted by Gasteiger charge is -2.35. The van der Waals surface area contributed by atoms with Crippen LogP contribution in [0.5, 0.6) is 0 Å². The van der Waals surface area contributed by atoms with E-state index in [9.17, 15) is 9.59 Å². The van der Waals surface area contributed by atoms with E-state index in [1.54, 1.807) is 0 Å². The zero-order valence-electron chi connectivity index (χ0n) is 8.54. The Morgan fingerprint density at radius 1 is 1.50 bits per heavy atom. The van der Waals surface area contributed by atoms with E-state index in [1.165, 1.54) is 31.2 Å². The van der Waals surface area contributed by atoms with Crippen molar-refractivity contribution in [3.63, 3.8) is 0 Å². The van der Waals surface area contributed by atoms with Crippen LogP contribution in [-0.2, 0) is 28.8 Å². The molecule has 0 bridgehead atoms. The molecule has 0 N–H and O–H groups in total. The van der Waals surface area contributed by atoms with Crippen molar-refractivity contribution in [1.82, 2.24) is 0 Å². The summed E-state index contributed by atoms with van der Waals surface area (Å²) in [6, 6.07) is 0. The Morgan fingerprint density at radius 3 is 2.81 bits per heavy atom. The minimum Gasteiger partial charge on any atom is -0.433 e. The molecule has 0 aromatic rings. The Hall–Kier alpha value is -1.50. The molecule has 86 valence electrons. The molecule has 16 heavy (non-hydrogen) atoms. The smallest absolute Gasteiger partial charge is 0.305 e. The fourth-order valence-corrected chi connectivity index (χ4v) is 1.33. The van der Waals surface area contributed by atoms with Gasteiger partial charge in [0, 0.05) is 6.92 Å². The summed E-state index contributed by atoms with van der Waals surface area (Å²) < 4.78 is 10.2. The molecule has 1 heterocycles. The maximum atomic E-state index is 10.9. The second kappa shape index (κ2) is 4.17. The fourth-order valence-electron chi connectivity index (χ4n) is 1.33. The van der Waals surface area contributed by atoms with Crippen molar-refractivity contribution in [2.45, 2.75) is 19.0 Å². The first kappa shape index (κ1) is 11.0. The van der Waals surface area contributed by atoms with Crippen LogP contribution in [0.3, 0.4) is 0 Å². The number of carbonyl (C=O) groups is 2. The third kappa shape index (κ3) is 2.35. The van der Waals surface area contributed by atoms with Crippen LogP contribution in [0.25, 0.3) is 0 Å². The molecule has 1 spiro atoms. The van der Waals surface area contributed by atoms with Gasteiger partial charge in [0.05, 0.1) is 0 Å². The van der Waals surface area contributed by atoms with Crippen LogP contribution in [0.4, 0.5) is 0 Å². The highest BCUT2D eigenvalue weighted by Crippen LogP contribution is 2.27. The first-order chi connectivity index (χ1) is 7.60. The van der Waals surface area contributed by atoms with Crippen molar-refractivity contribution >= 4 is 11.8 Å². The second-order valence-corrected chi connectivity index (χ2v) is 3.32. The van der Waals surface area contributed by atoms with Gasteiger partial charge in [0.25, 0.3) is 0 Å². The Labute approximate surface area is 91.3 Å². The van der Waals surface area contributed by atoms with E-state index in [2.05, 4.69) is 0 Å². The molecule has 1 aliphatic heterocycles. The molecule has 2 aliphatic rings. The van der Waals surface area contributed by atoms with Crippen LogP contribution in [0.15, 0.2) is 24.3 Å². The predicted molar refractivity (Wildman–Crippen MR) is 49.7 cm³/mol. The molecule has 1 saturated heterocycles. The van der Waals surface area contributed by atoms with Gasteiger partial charge in [-0.2, -0.15) is 4.89 Å². The monoisotopic (exact) mass is 226 g/mol. The lowest BCUT2D eigenvalue weighted by atomic mass is 10.1. The van der Waals surface area contributed by atoms with Crippen LogP contribution < -0.4 is 0 Å². The molecular formula is C10H10O6. The lowest BCUT2D eigenvalue weighted by molar-refractivity contribution is -0.470. The van der Waals surface area contributed by atoms with Crippen molar-refractivity contribution < 1.29 is 28.8 Å². The SMILES string of the molecule is CC(=O)OC1COOC2(C=CC(=O)C=C2)O1. The molecule has 6 nitrogen and oxygen atoms in total. The Balaban J connectivity index is 2.06. The molecule has 0 radical (unpaired) electrons. The third-order valence-electron chi connectivity index (χ3n) is 1.97. The van der Waals surface area contributed by atoms with E-state index < -0.39 is 18.0 Å². The van der Waals surface area contributed by atoms with Crippen molar-refractivity contribution in [2.24, 2.45) is 0 Å². The summed E-state index contributed by atoms with van der Waals surface area (Å²) in [5, 5.41) is 0. The Kier molecular flexibility index (Phi) is 2.86. The molecule has 1 fully saturated rings. The zero-order chi connectivity index (χ0) is 11.6. The van der Waals surface area contributed by atoms with Crippen molar-refractivity contribution in [1.29, 1.82) is 0 Å². The number of hydrogen-bond acceptors (Lipinski definition) is 6. The summed E-state index contributed by atoms with van der Waals surface area (Å²) in [7, 11) is 0. The number of rotatable bonds is 1. The van der Waals surface area contributed by atoms with Gasteiger partial charge in [-0.1, -0.05) is 0 Å². The van der Waals surface area contributed by atoms with Gasteiger partial charge >= 0.3 is 5.97 Å². The molecule has 0 aromatic carbocycles.